The molecule has 2 unspecified atom stereocenters. The molecule has 0 amide bonds. The molecule has 276 valence electrons. The average Bonchev–Trinajstić information content (AvgIpc) is 3.55. The molecule has 0 radical (unpaired) electrons. The molecular formula is C20H18F17N6O4P. The molecule has 3 rings (SSSR count). The largest absolute Gasteiger partial charge is 0.460 e. The van der Waals surface area contributed by atoms with Gasteiger partial charge in [-0.1, -0.05) is 6.92 Å². The van der Waals surface area contributed by atoms with E-state index < -0.39 is 90.9 Å². The van der Waals surface area contributed by atoms with Crippen molar-refractivity contribution in [3.05, 3.63) is 12.7 Å². The van der Waals surface area contributed by atoms with Crippen LogP contribution in [-0.2, 0) is 13.8 Å². The lowest BCUT2D eigenvalue weighted by Gasteiger charge is -2.42. The molecule has 0 aliphatic carbocycles. The number of anilines is 1. The Bertz CT molecular complexity index is 1540. The van der Waals surface area contributed by atoms with Gasteiger partial charge in [0.1, 0.15) is 12.6 Å². The van der Waals surface area contributed by atoms with Crippen LogP contribution in [0.15, 0.2) is 12.7 Å². The maximum absolute atomic E-state index is 14.6. The number of nitrogens with one attached hydrogen (secondary N) is 2. The van der Waals surface area contributed by atoms with Gasteiger partial charge in [-0.05, 0) is 6.42 Å². The van der Waals surface area contributed by atoms with Crippen molar-refractivity contribution in [2.24, 2.45) is 0 Å². The molecule has 48 heavy (non-hydrogen) atoms. The number of hydrogen-bond donors (Lipinski definition) is 3. The van der Waals surface area contributed by atoms with Gasteiger partial charge >= 0.3 is 55.5 Å². The number of halogens is 17. The van der Waals surface area contributed by atoms with Crippen LogP contribution in [0.3, 0.4) is 0 Å². The Kier molecular flexibility index (Phi) is 9.86. The van der Waals surface area contributed by atoms with E-state index in [0.29, 0.717) is 6.33 Å². The van der Waals surface area contributed by atoms with Crippen molar-refractivity contribution in [2.45, 2.75) is 85.9 Å². The molecule has 4 atom stereocenters. The molecule has 1 aliphatic heterocycles. The number of imidazole rings is 1. The van der Waals surface area contributed by atoms with Crippen molar-refractivity contribution in [2.75, 3.05) is 12.4 Å². The first-order chi connectivity index (χ1) is 21.4. The first-order valence-electron chi connectivity index (χ1n) is 12.4. The molecule has 10 nitrogen and oxygen atoms in total. The molecule has 3 heterocycles. The smallest absolute Gasteiger partial charge is 0.353 e. The fourth-order valence-electron chi connectivity index (χ4n) is 4.22. The van der Waals surface area contributed by atoms with Crippen LogP contribution in [0.5, 0.6) is 0 Å². The highest BCUT2D eigenvalue weighted by Crippen LogP contribution is 2.64. The highest BCUT2D eigenvalue weighted by molar-refractivity contribution is 7.50. The van der Waals surface area contributed by atoms with Crippen LogP contribution in [0, 0.1) is 0 Å². The summed E-state index contributed by atoms with van der Waals surface area (Å²) in [6, 6.07) is -7.93. The van der Waals surface area contributed by atoms with E-state index in [-0.39, 0.29) is 24.5 Å². The van der Waals surface area contributed by atoms with E-state index in [1.165, 1.54) is 0 Å². The predicted molar refractivity (Wildman–Crippen MR) is 122 cm³/mol. The third-order valence-corrected chi connectivity index (χ3v) is 8.03. The quantitative estimate of drug-likeness (QED) is 0.118. The molecule has 2 aromatic heterocycles. The molecular weight excluding hydrogens is 742 g/mol. The van der Waals surface area contributed by atoms with Crippen LogP contribution in [-0.4, -0.2) is 91.4 Å². The molecule has 0 spiro atoms. The number of nitrogens with zero attached hydrogens (tertiary/aromatic N) is 4. The van der Waals surface area contributed by atoms with Crippen molar-refractivity contribution in [3.8, 4) is 0 Å². The molecule has 0 bridgehead atoms. The third kappa shape index (κ3) is 5.91. The van der Waals surface area contributed by atoms with E-state index in [1.807, 2.05) is 0 Å². The SMILES string of the molecule is CC[C@H]1O[C@@H](n2cnc3c(NC(F)(F)C(F)(F)C(F)(F)C(F)(F)C(F)(F)C(F)(F)C(F)(F)C(F)(F)F)ncnc32)CC1NP(=O)(O)OC. The molecule has 1 fully saturated rings. The fraction of sp³-hybridized carbons (Fsp3) is 0.750. The van der Waals surface area contributed by atoms with Gasteiger partial charge in [0.25, 0.3) is 0 Å². The summed E-state index contributed by atoms with van der Waals surface area (Å²) >= 11 is 0. The standard InChI is InChI=1S/C20H18F17N6O4P/c1-3-8-7(42-48(44,45)46-2)4-9(47-8)43-6-40-10-11(38-5-39-12(10)43)41-20(36,37)18(31,32)16(27,28)14(23,24)13(21,22)15(25,26)17(29,30)19(33,34)35/h5-9H,3-4H2,1-2H3,(H,38,39,41)(H2,42,44,45)/t7?,8-,9-/m1/s1. The van der Waals surface area contributed by atoms with E-state index in [2.05, 4.69) is 24.6 Å². The highest BCUT2D eigenvalue weighted by Gasteiger charge is 2.95. The van der Waals surface area contributed by atoms with E-state index in [1.54, 1.807) is 6.92 Å². The normalized spacial score (nSPS) is 22.3. The second-order valence-corrected chi connectivity index (χ2v) is 11.6. The van der Waals surface area contributed by atoms with Crippen molar-refractivity contribution < 1.29 is 93.4 Å². The summed E-state index contributed by atoms with van der Waals surface area (Å²) in [5.74, 6) is -52.7. The lowest BCUT2D eigenvalue weighted by Crippen LogP contribution is -2.75. The van der Waals surface area contributed by atoms with E-state index in [9.17, 15) is 84.1 Å². The number of aromatic nitrogens is 4. The Labute approximate surface area is 254 Å². The molecule has 28 heteroatoms. The Hall–Kier alpha value is -2.77. The predicted octanol–water partition coefficient (Wildman–Crippen LogP) is 6.61. The van der Waals surface area contributed by atoms with Gasteiger partial charge in [-0.3, -0.25) is 4.57 Å². The Morgan fingerprint density at radius 3 is 1.83 bits per heavy atom. The van der Waals surface area contributed by atoms with Crippen LogP contribution >= 0.6 is 7.75 Å². The van der Waals surface area contributed by atoms with Crippen molar-refractivity contribution in [3.63, 3.8) is 0 Å². The first-order valence-corrected chi connectivity index (χ1v) is 13.9. The molecule has 2 aromatic rings. The minimum atomic E-state index is -8.76. The van der Waals surface area contributed by atoms with E-state index in [4.69, 9.17) is 4.74 Å². The summed E-state index contributed by atoms with van der Waals surface area (Å²) in [6.45, 7) is 1.55. The van der Waals surface area contributed by atoms with Gasteiger partial charge in [-0.2, -0.15) is 74.6 Å². The zero-order chi connectivity index (χ0) is 37.3. The lowest BCUT2D eigenvalue weighted by molar-refractivity contribution is -0.460. The molecule has 1 aliphatic rings. The van der Waals surface area contributed by atoms with Gasteiger partial charge in [0, 0.05) is 19.6 Å². The zero-order valence-electron chi connectivity index (χ0n) is 23.1. The molecule has 0 aromatic carbocycles. The topological polar surface area (TPSA) is 123 Å². The number of rotatable bonds is 13. The van der Waals surface area contributed by atoms with Gasteiger partial charge in [0.05, 0.1) is 12.4 Å². The Morgan fingerprint density at radius 2 is 1.35 bits per heavy atom. The average molecular weight is 760 g/mol. The van der Waals surface area contributed by atoms with Gasteiger partial charge in [0.2, 0.25) is 0 Å². The second kappa shape index (κ2) is 11.9. The maximum Gasteiger partial charge on any atom is 0.460 e. The van der Waals surface area contributed by atoms with Crippen LogP contribution in [0.2, 0.25) is 0 Å². The number of fused-ring (bicyclic) bond motifs is 1. The van der Waals surface area contributed by atoms with E-state index >= 15 is 0 Å². The van der Waals surface area contributed by atoms with E-state index in [0.717, 1.165) is 11.7 Å². The van der Waals surface area contributed by atoms with Crippen molar-refractivity contribution in [1.82, 2.24) is 24.6 Å². The third-order valence-electron chi connectivity index (χ3n) is 6.88. The number of ether oxygens (including phenoxy) is 1. The fourth-order valence-corrected chi connectivity index (χ4v) is 5.02. The molecule has 0 saturated carbocycles. The van der Waals surface area contributed by atoms with Crippen molar-refractivity contribution >= 4 is 24.7 Å². The summed E-state index contributed by atoms with van der Waals surface area (Å²) in [7, 11) is -3.49. The van der Waals surface area contributed by atoms with Crippen LogP contribution in [0.1, 0.15) is 26.0 Å². The molecule has 1 saturated heterocycles. The second-order valence-electron chi connectivity index (χ2n) is 9.90. The van der Waals surface area contributed by atoms with Crippen LogP contribution in [0.4, 0.5) is 80.5 Å². The van der Waals surface area contributed by atoms with Crippen LogP contribution in [0.25, 0.3) is 11.2 Å². The summed E-state index contributed by atoms with van der Waals surface area (Å²) in [5, 5.41) is 2.41. The summed E-state index contributed by atoms with van der Waals surface area (Å²) in [4.78, 5) is 19.7. The van der Waals surface area contributed by atoms with Gasteiger partial charge in [-0.15, -0.1) is 0 Å². The maximum atomic E-state index is 14.6. The monoisotopic (exact) mass is 760 g/mol. The Balaban J connectivity index is 2.00. The van der Waals surface area contributed by atoms with Gasteiger partial charge < -0.3 is 19.5 Å². The number of alkyl halides is 17. The van der Waals surface area contributed by atoms with Gasteiger partial charge in [-0.25, -0.2) is 24.6 Å². The minimum absolute atomic E-state index is 0.158. The zero-order valence-corrected chi connectivity index (χ0v) is 24.0. The Morgan fingerprint density at radius 1 is 0.854 bits per heavy atom. The van der Waals surface area contributed by atoms with Gasteiger partial charge in [0.15, 0.2) is 17.0 Å². The summed E-state index contributed by atoms with van der Waals surface area (Å²) in [5.41, 5.74) is -1.76. The molecule has 3 N–H and O–H groups in total. The highest BCUT2D eigenvalue weighted by atomic mass is 31.2. The summed E-state index contributed by atoms with van der Waals surface area (Å²) in [6.07, 6.45) is -9.15. The number of hydrogen-bond acceptors (Lipinski definition) is 7. The minimum Gasteiger partial charge on any atom is -0.353 e. The summed E-state index contributed by atoms with van der Waals surface area (Å²) < 4.78 is 254. The first kappa shape index (κ1) is 39.7. The van der Waals surface area contributed by atoms with Crippen LogP contribution < -0.4 is 10.4 Å². The van der Waals surface area contributed by atoms with Crippen molar-refractivity contribution in [1.29, 1.82) is 0 Å². The lowest BCUT2D eigenvalue weighted by atomic mass is 9.90.